The second-order valence-corrected chi connectivity index (χ2v) is 6.51. The van der Waals surface area contributed by atoms with Crippen molar-refractivity contribution in [2.45, 2.75) is 52.1 Å². The molecule has 5 heteroatoms. The number of thiazole rings is 1. The molecule has 1 fully saturated rings. The van der Waals surface area contributed by atoms with Crippen LogP contribution in [0.15, 0.2) is 5.38 Å². The summed E-state index contributed by atoms with van der Waals surface area (Å²) >= 11 is 1.67. The Kier molecular flexibility index (Phi) is 4.93. The van der Waals surface area contributed by atoms with Crippen LogP contribution in [0.2, 0.25) is 0 Å². The Bertz CT molecular complexity index is 430. The zero-order valence-electron chi connectivity index (χ0n) is 12.0. The van der Waals surface area contributed by atoms with Crippen molar-refractivity contribution in [3.05, 3.63) is 16.1 Å². The summed E-state index contributed by atoms with van der Waals surface area (Å²) in [5, 5.41) is 6.55. The molecule has 1 aliphatic heterocycles. The van der Waals surface area contributed by atoms with E-state index in [4.69, 9.17) is 0 Å². The van der Waals surface area contributed by atoms with E-state index in [2.05, 4.69) is 29.5 Å². The maximum atomic E-state index is 12.3. The third-order valence-electron chi connectivity index (χ3n) is 3.37. The molecule has 0 radical (unpaired) electrons. The Morgan fingerprint density at radius 1 is 1.58 bits per heavy atom. The van der Waals surface area contributed by atoms with Gasteiger partial charge in [-0.2, -0.15) is 0 Å². The number of hydrogen-bond acceptors (Lipinski definition) is 4. The van der Waals surface area contributed by atoms with Gasteiger partial charge in [0.25, 0.3) is 0 Å². The summed E-state index contributed by atoms with van der Waals surface area (Å²) in [7, 11) is 0. The standard InChI is InChI=1S/C14H23N3OS/c1-10(2)15-13-5-4-7-17(14(13)18)8-6-12-9-19-11(3)16-12/h9-10,13,15H,4-8H2,1-3H3. The first-order valence-corrected chi connectivity index (χ1v) is 7.90. The Balaban J connectivity index is 1.87. The molecule has 0 aromatic carbocycles. The first kappa shape index (κ1) is 14.5. The molecule has 4 nitrogen and oxygen atoms in total. The van der Waals surface area contributed by atoms with Crippen LogP contribution in [0, 0.1) is 6.92 Å². The third kappa shape index (κ3) is 4.01. The minimum Gasteiger partial charge on any atom is -0.341 e. The van der Waals surface area contributed by atoms with Crippen molar-refractivity contribution in [2.75, 3.05) is 13.1 Å². The van der Waals surface area contributed by atoms with Crippen LogP contribution in [0.4, 0.5) is 0 Å². The monoisotopic (exact) mass is 281 g/mol. The Morgan fingerprint density at radius 3 is 3.00 bits per heavy atom. The average Bonchev–Trinajstić information content (AvgIpc) is 2.76. The number of aromatic nitrogens is 1. The van der Waals surface area contributed by atoms with Gasteiger partial charge < -0.3 is 10.2 Å². The number of rotatable bonds is 5. The van der Waals surface area contributed by atoms with Gasteiger partial charge in [0, 0.05) is 30.9 Å². The molecule has 0 saturated carbocycles. The van der Waals surface area contributed by atoms with Gasteiger partial charge in [-0.05, 0) is 19.8 Å². The number of hydrogen-bond donors (Lipinski definition) is 1. The lowest BCUT2D eigenvalue weighted by Crippen LogP contribution is -2.52. The smallest absolute Gasteiger partial charge is 0.239 e. The molecule has 0 spiro atoms. The molecular formula is C14H23N3OS. The molecule has 1 aromatic heterocycles. The number of likely N-dealkylation sites (tertiary alicyclic amines) is 1. The molecule has 0 aliphatic carbocycles. The molecule has 106 valence electrons. The number of nitrogens with zero attached hydrogens (tertiary/aromatic N) is 2. The molecular weight excluding hydrogens is 258 g/mol. The highest BCUT2D eigenvalue weighted by molar-refractivity contribution is 7.09. The first-order chi connectivity index (χ1) is 9.06. The van der Waals surface area contributed by atoms with Gasteiger partial charge in [-0.25, -0.2) is 4.98 Å². The Labute approximate surface area is 119 Å². The van der Waals surface area contributed by atoms with Gasteiger partial charge in [0.1, 0.15) is 0 Å². The lowest BCUT2D eigenvalue weighted by atomic mass is 10.0. The predicted molar refractivity (Wildman–Crippen MR) is 78.4 cm³/mol. The highest BCUT2D eigenvalue weighted by Crippen LogP contribution is 2.14. The maximum Gasteiger partial charge on any atom is 0.239 e. The van der Waals surface area contributed by atoms with Gasteiger partial charge in [0.2, 0.25) is 5.91 Å². The lowest BCUT2D eigenvalue weighted by Gasteiger charge is -2.33. The number of piperidine rings is 1. The topological polar surface area (TPSA) is 45.2 Å². The number of carbonyl (C=O) groups is 1. The number of aryl methyl sites for hydroxylation is 1. The van der Waals surface area contributed by atoms with Crippen molar-refractivity contribution in [1.29, 1.82) is 0 Å². The molecule has 1 amide bonds. The van der Waals surface area contributed by atoms with E-state index >= 15 is 0 Å². The van der Waals surface area contributed by atoms with Crippen molar-refractivity contribution in [2.24, 2.45) is 0 Å². The van der Waals surface area contributed by atoms with Gasteiger partial charge in [-0.1, -0.05) is 13.8 Å². The average molecular weight is 281 g/mol. The minimum absolute atomic E-state index is 0.00548. The van der Waals surface area contributed by atoms with Crippen LogP contribution >= 0.6 is 11.3 Å². The van der Waals surface area contributed by atoms with Crippen molar-refractivity contribution in [3.8, 4) is 0 Å². The van der Waals surface area contributed by atoms with Crippen molar-refractivity contribution < 1.29 is 4.79 Å². The molecule has 2 rings (SSSR count). The summed E-state index contributed by atoms with van der Waals surface area (Å²) in [4.78, 5) is 18.8. The van der Waals surface area contributed by atoms with Gasteiger partial charge >= 0.3 is 0 Å². The SMILES string of the molecule is Cc1nc(CCN2CCCC(NC(C)C)C2=O)cs1. The molecule has 19 heavy (non-hydrogen) atoms. The van der Waals surface area contributed by atoms with Gasteiger partial charge in [0.15, 0.2) is 0 Å². The second kappa shape index (κ2) is 6.48. The summed E-state index contributed by atoms with van der Waals surface area (Å²) < 4.78 is 0. The fraction of sp³-hybridized carbons (Fsp3) is 0.714. The fourth-order valence-electron chi connectivity index (χ4n) is 2.49. The van der Waals surface area contributed by atoms with Crippen LogP contribution in [0.25, 0.3) is 0 Å². The zero-order valence-corrected chi connectivity index (χ0v) is 12.8. The number of carbonyl (C=O) groups excluding carboxylic acids is 1. The van der Waals surface area contributed by atoms with Crippen LogP contribution in [-0.2, 0) is 11.2 Å². The van der Waals surface area contributed by atoms with Crippen molar-refractivity contribution in [1.82, 2.24) is 15.2 Å². The molecule has 1 aliphatic rings. The lowest BCUT2D eigenvalue weighted by molar-refractivity contribution is -0.136. The highest BCUT2D eigenvalue weighted by Gasteiger charge is 2.28. The fourth-order valence-corrected chi connectivity index (χ4v) is 3.14. The molecule has 1 N–H and O–H groups in total. The van der Waals surface area contributed by atoms with E-state index in [0.717, 1.165) is 43.1 Å². The van der Waals surface area contributed by atoms with E-state index in [-0.39, 0.29) is 11.9 Å². The van der Waals surface area contributed by atoms with E-state index in [1.54, 1.807) is 11.3 Å². The third-order valence-corrected chi connectivity index (χ3v) is 4.19. The Morgan fingerprint density at radius 2 is 2.37 bits per heavy atom. The van der Waals surface area contributed by atoms with E-state index < -0.39 is 0 Å². The normalized spacial score (nSPS) is 20.3. The molecule has 1 saturated heterocycles. The zero-order chi connectivity index (χ0) is 13.8. The molecule has 1 aromatic rings. The second-order valence-electron chi connectivity index (χ2n) is 5.45. The quantitative estimate of drug-likeness (QED) is 0.897. The highest BCUT2D eigenvalue weighted by atomic mass is 32.1. The summed E-state index contributed by atoms with van der Waals surface area (Å²) in [5.74, 6) is 0.256. The van der Waals surface area contributed by atoms with Crippen molar-refractivity contribution in [3.63, 3.8) is 0 Å². The predicted octanol–water partition coefficient (Wildman–Crippen LogP) is 1.98. The molecule has 1 atom stereocenters. The summed E-state index contributed by atoms with van der Waals surface area (Å²) in [6.07, 6.45) is 2.92. The van der Waals surface area contributed by atoms with Crippen molar-refractivity contribution >= 4 is 17.2 Å². The number of amides is 1. The molecule has 1 unspecified atom stereocenters. The van der Waals surface area contributed by atoms with E-state index in [0.29, 0.717) is 6.04 Å². The minimum atomic E-state index is 0.00548. The van der Waals surface area contributed by atoms with Crippen LogP contribution in [0.3, 0.4) is 0 Å². The van der Waals surface area contributed by atoms with Gasteiger partial charge in [0.05, 0.1) is 16.7 Å². The molecule has 2 heterocycles. The van der Waals surface area contributed by atoms with E-state index in [1.807, 2.05) is 11.8 Å². The van der Waals surface area contributed by atoms with E-state index in [1.165, 1.54) is 0 Å². The largest absolute Gasteiger partial charge is 0.341 e. The van der Waals surface area contributed by atoms with Crippen LogP contribution in [0.1, 0.15) is 37.4 Å². The molecule has 0 bridgehead atoms. The van der Waals surface area contributed by atoms with E-state index in [9.17, 15) is 4.79 Å². The summed E-state index contributed by atoms with van der Waals surface area (Å²) in [6.45, 7) is 7.87. The van der Waals surface area contributed by atoms with Crippen LogP contribution < -0.4 is 5.32 Å². The van der Waals surface area contributed by atoms with Crippen LogP contribution in [-0.4, -0.2) is 41.0 Å². The van der Waals surface area contributed by atoms with Gasteiger partial charge in [-0.3, -0.25) is 4.79 Å². The summed E-state index contributed by atoms with van der Waals surface area (Å²) in [6, 6.07) is 0.362. The Hall–Kier alpha value is -0.940. The number of nitrogens with one attached hydrogen (secondary N) is 1. The van der Waals surface area contributed by atoms with Gasteiger partial charge in [-0.15, -0.1) is 11.3 Å². The summed E-state index contributed by atoms with van der Waals surface area (Å²) in [5.41, 5.74) is 1.11. The van der Waals surface area contributed by atoms with Crippen LogP contribution in [0.5, 0.6) is 0 Å². The maximum absolute atomic E-state index is 12.3. The first-order valence-electron chi connectivity index (χ1n) is 7.02.